The molecule has 1 aromatic rings. The van der Waals surface area contributed by atoms with Crippen molar-refractivity contribution < 1.29 is 4.79 Å². The van der Waals surface area contributed by atoms with Crippen LogP contribution in [-0.4, -0.2) is 29.9 Å². The number of nitrogen functional groups attached to an aromatic ring is 1. The molecule has 5 heteroatoms. The van der Waals surface area contributed by atoms with Gasteiger partial charge in [0.25, 0.3) is 0 Å². The number of rotatable bonds is 3. The summed E-state index contributed by atoms with van der Waals surface area (Å²) in [5, 5.41) is 2.95. The third-order valence-corrected chi connectivity index (χ3v) is 4.99. The van der Waals surface area contributed by atoms with Crippen LogP contribution in [0.2, 0.25) is 0 Å². The molecule has 4 nitrogen and oxygen atoms in total. The van der Waals surface area contributed by atoms with Gasteiger partial charge in [-0.3, -0.25) is 9.69 Å². The summed E-state index contributed by atoms with van der Waals surface area (Å²) in [6.45, 7) is 8.16. The lowest BCUT2D eigenvalue weighted by Gasteiger charge is -2.40. The van der Waals surface area contributed by atoms with Crippen molar-refractivity contribution in [3.63, 3.8) is 0 Å². The van der Waals surface area contributed by atoms with Gasteiger partial charge in [0.05, 0.1) is 12.2 Å². The summed E-state index contributed by atoms with van der Waals surface area (Å²) in [6.07, 6.45) is 1.24. The van der Waals surface area contributed by atoms with Gasteiger partial charge >= 0.3 is 0 Å². The molecule has 3 unspecified atom stereocenters. The molecule has 1 amide bonds. The van der Waals surface area contributed by atoms with Gasteiger partial charge in [0, 0.05) is 22.7 Å². The van der Waals surface area contributed by atoms with E-state index in [-0.39, 0.29) is 5.91 Å². The Morgan fingerprint density at radius 3 is 2.81 bits per heavy atom. The lowest BCUT2D eigenvalue weighted by molar-refractivity contribution is -0.118. The van der Waals surface area contributed by atoms with Crippen molar-refractivity contribution in [2.45, 2.75) is 33.2 Å². The normalized spacial score (nSPS) is 26.6. The van der Waals surface area contributed by atoms with E-state index in [0.717, 1.165) is 16.7 Å². The summed E-state index contributed by atoms with van der Waals surface area (Å²) < 4.78 is 0.810. The van der Waals surface area contributed by atoms with Gasteiger partial charge in [0.1, 0.15) is 0 Å². The maximum Gasteiger partial charge on any atom is 0.238 e. The molecule has 1 heterocycles. The van der Waals surface area contributed by atoms with E-state index in [1.54, 1.807) is 12.1 Å². The van der Waals surface area contributed by atoms with E-state index in [1.165, 1.54) is 6.42 Å². The van der Waals surface area contributed by atoms with Crippen molar-refractivity contribution in [3.05, 3.63) is 22.7 Å². The zero-order valence-corrected chi connectivity index (χ0v) is 14.5. The molecule has 3 atom stereocenters. The van der Waals surface area contributed by atoms with Crippen LogP contribution in [0.3, 0.4) is 0 Å². The van der Waals surface area contributed by atoms with Crippen LogP contribution in [0.5, 0.6) is 0 Å². The van der Waals surface area contributed by atoms with Crippen LogP contribution in [-0.2, 0) is 4.79 Å². The highest BCUT2D eigenvalue weighted by Gasteiger charge is 2.29. The molecule has 0 aliphatic carbocycles. The summed E-state index contributed by atoms with van der Waals surface area (Å²) >= 11 is 3.42. The third-order valence-electron chi connectivity index (χ3n) is 4.33. The minimum absolute atomic E-state index is 0.0219. The number of likely N-dealkylation sites (tertiary alicyclic amines) is 1. The maximum absolute atomic E-state index is 12.3. The van der Waals surface area contributed by atoms with E-state index in [4.69, 9.17) is 5.73 Å². The number of carbonyl (C=O) groups excluding carboxylic acids is 1. The van der Waals surface area contributed by atoms with Gasteiger partial charge < -0.3 is 11.1 Å². The third kappa shape index (κ3) is 4.20. The molecule has 3 N–H and O–H groups in total. The van der Waals surface area contributed by atoms with Gasteiger partial charge in [-0.15, -0.1) is 0 Å². The SMILES string of the molecule is CC1CC(C)C(C)N(CC(=O)Nc2ccc(N)cc2Br)C1. The van der Waals surface area contributed by atoms with Gasteiger partial charge in [0.15, 0.2) is 0 Å². The molecule has 0 spiro atoms. The van der Waals surface area contributed by atoms with Gasteiger partial charge in [0.2, 0.25) is 5.91 Å². The molecule has 0 saturated carbocycles. The highest BCUT2D eigenvalue weighted by molar-refractivity contribution is 9.10. The zero-order chi connectivity index (χ0) is 15.6. The van der Waals surface area contributed by atoms with E-state index < -0.39 is 0 Å². The fourth-order valence-corrected chi connectivity index (χ4v) is 3.54. The summed E-state index contributed by atoms with van der Waals surface area (Å²) in [5.41, 5.74) is 7.14. The predicted octanol–water partition coefficient (Wildman–Crippen LogP) is 3.34. The molecule has 0 bridgehead atoms. The van der Waals surface area contributed by atoms with Gasteiger partial charge in [-0.2, -0.15) is 0 Å². The average Bonchev–Trinajstić information content (AvgIpc) is 2.38. The molecule has 1 aliphatic rings. The second kappa shape index (κ2) is 6.79. The molecule has 0 radical (unpaired) electrons. The van der Waals surface area contributed by atoms with E-state index in [2.05, 4.69) is 46.9 Å². The molecular formula is C16H24BrN3O. The fraction of sp³-hybridized carbons (Fsp3) is 0.562. The van der Waals surface area contributed by atoms with E-state index in [0.29, 0.717) is 30.1 Å². The first kappa shape index (κ1) is 16.3. The smallest absolute Gasteiger partial charge is 0.238 e. The molecule has 1 fully saturated rings. The van der Waals surface area contributed by atoms with E-state index in [1.807, 2.05) is 6.07 Å². The highest BCUT2D eigenvalue weighted by atomic mass is 79.9. The Morgan fingerprint density at radius 2 is 2.14 bits per heavy atom. The summed E-state index contributed by atoms with van der Waals surface area (Å²) in [4.78, 5) is 14.5. The van der Waals surface area contributed by atoms with Crippen molar-refractivity contribution >= 4 is 33.2 Å². The Morgan fingerprint density at radius 1 is 1.43 bits per heavy atom. The number of anilines is 2. The minimum atomic E-state index is 0.0219. The zero-order valence-electron chi connectivity index (χ0n) is 12.9. The van der Waals surface area contributed by atoms with Crippen molar-refractivity contribution in [1.29, 1.82) is 0 Å². The summed E-state index contributed by atoms with van der Waals surface area (Å²) in [7, 11) is 0. The molecule has 21 heavy (non-hydrogen) atoms. The van der Waals surface area contributed by atoms with Crippen LogP contribution in [0.25, 0.3) is 0 Å². The number of hydrogen-bond acceptors (Lipinski definition) is 3. The van der Waals surface area contributed by atoms with Crippen LogP contribution in [0, 0.1) is 11.8 Å². The Kier molecular flexibility index (Phi) is 5.27. The molecule has 1 saturated heterocycles. The summed E-state index contributed by atoms with van der Waals surface area (Å²) in [6, 6.07) is 5.85. The molecular weight excluding hydrogens is 330 g/mol. The first-order chi connectivity index (χ1) is 9.86. The van der Waals surface area contributed by atoms with Gasteiger partial charge in [-0.05, 0) is 59.3 Å². The number of halogens is 1. The molecule has 0 aromatic heterocycles. The Bertz CT molecular complexity index is 520. The maximum atomic E-state index is 12.3. The van der Waals surface area contributed by atoms with Crippen LogP contribution in [0.1, 0.15) is 27.2 Å². The van der Waals surface area contributed by atoms with Crippen LogP contribution < -0.4 is 11.1 Å². The largest absolute Gasteiger partial charge is 0.399 e. The standard InChI is InChI=1S/C16H24BrN3O/c1-10-6-11(2)12(3)20(8-10)9-16(21)19-15-5-4-13(18)7-14(15)17/h4-5,7,10-12H,6,8-9,18H2,1-3H3,(H,19,21). The lowest BCUT2D eigenvalue weighted by atomic mass is 9.86. The van der Waals surface area contributed by atoms with Crippen molar-refractivity contribution in [2.24, 2.45) is 11.8 Å². The quantitative estimate of drug-likeness (QED) is 0.819. The second-order valence-electron chi connectivity index (χ2n) is 6.28. The Hall–Kier alpha value is -1.07. The van der Waals surface area contributed by atoms with E-state index in [9.17, 15) is 4.79 Å². The lowest BCUT2D eigenvalue weighted by Crippen LogP contribution is -2.48. The number of amides is 1. The molecule has 1 aromatic carbocycles. The number of nitrogens with zero attached hydrogens (tertiary/aromatic N) is 1. The number of hydrogen-bond donors (Lipinski definition) is 2. The number of piperidine rings is 1. The fourth-order valence-electron chi connectivity index (χ4n) is 3.05. The van der Waals surface area contributed by atoms with Crippen molar-refractivity contribution in [1.82, 2.24) is 4.90 Å². The first-order valence-electron chi connectivity index (χ1n) is 7.45. The number of benzene rings is 1. The summed E-state index contributed by atoms with van der Waals surface area (Å²) in [5.74, 6) is 1.30. The average molecular weight is 354 g/mol. The predicted molar refractivity (Wildman–Crippen MR) is 91.2 cm³/mol. The number of nitrogens with one attached hydrogen (secondary N) is 1. The van der Waals surface area contributed by atoms with Crippen molar-refractivity contribution in [3.8, 4) is 0 Å². The Labute approximate surface area is 135 Å². The topological polar surface area (TPSA) is 58.4 Å². The molecule has 2 rings (SSSR count). The van der Waals surface area contributed by atoms with Crippen LogP contribution in [0.15, 0.2) is 22.7 Å². The highest BCUT2D eigenvalue weighted by Crippen LogP contribution is 2.27. The number of nitrogens with two attached hydrogens (primary N) is 1. The van der Waals surface area contributed by atoms with E-state index >= 15 is 0 Å². The van der Waals surface area contributed by atoms with Crippen LogP contribution in [0.4, 0.5) is 11.4 Å². The first-order valence-corrected chi connectivity index (χ1v) is 8.25. The minimum Gasteiger partial charge on any atom is -0.399 e. The van der Waals surface area contributed by atoms with Crippen LogP contribution >= 0.6 is 15.9 Å². The molecule has 1 aliphatic heterocycles. The van der Waals surface area contributed by atoms with Gasteiger partial charge in [-0.25, -0.2) is 0 Å². The van der Waals surface area contributed by atoms with Crippen molar-refractivity contribution in [2.75, 3.05) is 24.1 Å². The Balaban J connectivity index is 1.97. The number of carbonyl (C=O) groups is 1. The molecule has 116 valence electrons. The van der Waals surface area contributed by atoms with Gasteiger partial charge in [-0.1, -0.05) is 13.8 Å². The monoisotopic (exact) mass is 353 g/mol. The second-order valence-corrected chi connectivity index (χ2v) is 7.13.